The van der Waals surface area contributed by atoms with Crippen molar-refractivity contribution >= 4 is 11.4 Å². The van der Waals surface area contributed by atoms with Gasteiger partial charge >= 0.3 is 0 Å². The summed E-state index contributed by atoms with van der Waals surface area (Å²) in [4.78, 5) is 20.7. The number of hydrogen-bond donors (Lipinski definition) is 0. The molecule has 2 aromatic rings. The average Bonchev–Trinajstić information content (AvgIpc) is 2.54. The number of nitrogens with zero attached hydrogens (tertiary/aromatic N) is 2. The van der Waals surface area contributed by atoms with Crippen molar-refractivity contribution in [3.63, 3.8) is 0 Å². The molecule has 0 bridgehead atoms. The maximum absolute atomic E-state index is 10.9. The molecule has 0 fully saturated rings. The molecule has 0 saturated carbocycles. The Labute approximate surface area is 131 Å². The minimum atomic E-state index is -0.550. The van der Waals surface area contributed by atoms with Crippen LogP contribution in [-0.4, -0.2) is 17.0 Å². The summed E-state index contributed by atoms with van der Waals surface area (Å²) in [6, 6.07) is 10.0. The summed E-state index contributed by atoms with van der Waals surface area (Å²) in [7, 11) is 1.42. The number of hydrogen-bond acceptors (Lipinski definition) is 6. The summed E-state index contributed by atoms with van der Waals surface area (Å²) in [6.07, 6.45) is -0.550. The molecule has 0 N–H and O–H groups in total. The van der Waals surface area contributed by atoms with Crippen molar-refractivity contribution < 1.29 is 19.3 Å². The summed E-state index contributed by atoms with van der Waals surface area (Å²) in [5, 5.41) is 21.7. The highest BCUT2D eigenvalue weighted by Gasteiger charge is 2.17. The van der Waals surface area contributed by atoms with E-state index in [1.165, 1.54) is 37.4 Å². The quantitative estimate of drug-likeness (QED) is 0.594. The van der Waals surface area contributed by atoms with Crippen LogP contribution in [0.3, 0.4) is 0 Å². The smallest absolute Gasteiger partial charge is 0.273 e. The van der Waals surface area contributed by atoms with Crippen molar-refractivity contribution in [1.29, 1.82) is 0 Å². The molecule has 2 aromatic carbocycles. The van der Waals surface area contributed by atoms with Crippen LogP contribution < -0.4 is 9.47 Å². The second-order valence-electron chi connectivity index (χ2n) is 4.70. The van der Waals surface area contributed by atoms with E-state index in [4.69, 9.17) is 9.47 Å². The molecule has 0 spiro atoms. The van der Waals surface area contributed by atoms with Crippen molar-refractivity contribution in [2.24, 2.45) is 0 Å². The fourth-order valence-electron chi connectivity index (χ4n) is 2.02. The second kappa shape index (κ2) is 6.73. The van der Waals surface area contributed by atoms with Crippen LogP contribution in [0, 0.1) is 20.2 Å². The predicted octanol–water partition coefficient (Wildman–Crippen LogP) is 3.65. The molecule has 8 heteroatoms. The van der Waals surface area contributed by atoms with Crippen LogP contribution in [0.15, 0.2) is 42.5 Å². The van der Waals surface area contributed by atoms with Crippen molar-refractivity contribution in [2.75, 3.05) is 7.11 Å². The first-order chi connectivity index (χ1) is 10.9. The van der Waals surface area contributed by atoms with Crippen molar-refractivity contribution in [3.8, 4) is 11.5 Å². The molecule has 8 nitrogen and oxygen atoms in total. The Balaban J connectivity index is 2.30. The molecule has 0 unspecified atom stereocenters. The number of rotatable bonds is 6. The zero-order valence-electron chi connectivity index (χ0n) is 12.5. The number of non-ortho nitro benzene ring substituents is 2. The fourth-order valence-corrected chi connectivity index (χ4v) is 2.02. The Morgan fingerprint density at radius 3 is 2.22 bits per heavy atom. The molecule has 0 aliphatic rings. The van der Waals surface area contributed by atoms with E-state index in [1.807, 2.05) is 0 Å². The molecule has 0 saturated heterocycles. The van der Waals surface area contributed by atoms with Gasteiger partial charge in [0.25, 0.3) is 11.4 Å². The van der Waals surface area contributed by atoms with Gasteiger partial charge in [0, 0.05) is 18.2 Å². The molecule has 0 radical (unpaired) electrons. The first-order valence-electron chi connectivity index (χ1n) is 6.66. The minimum absolute atomic E-state index is 0.0519. The summed E-state index contributed by atoms with van der Waals surface area (Å²) < 4.78 is 10.8. The Bertz CT molecular complexity index is 746. The number of ether oxygens (including phenoxy) is 2. The maximum Gasteiger partial charge on any atom is 0.273 e. The van der Waals surface area contributed by atoms with Crippen LogP contribution in [-0.2, 0) is 0 Å². The zero-order chi connectivity index (χ0) is 17.0. The molecule has 120 valence electrons. The van der Waals surface area contributed by atoms with Gasteiger partial charge in [-0.2, -0.15) is 0 Å². The molecule has 0 aliphatic heterocycles. The molecule has 2 rings (SSSR count). The van der Waals surface area contributed by atoms with Crippen LogP contribution in [0.1, 0.15) is 18.6 Å². The third-order valence-corrected chi connectivity index (χ3v) is 3.21. The molecular weight excluding hydrogens is 304 g/mol. The molecule has 1 atom stereocenters. The van der Waals surface area contributed by atoms with Crippen LogP contribution >= 0.6 is 0 Å². The minimum Gasteiger partial charge on any atom is -0.493 e. The Morgan fingerprint density at radius 2 is 1.61 bits per heavy atom. The zero-order valence-corrected chi connectivity index (χ0v) is 12.5. The predicted molar refractivity (Wildman–Crippen MR) is 81.8 cm³/mol. The van der Waals surface area contributed by atoms with E-state index in [0.29, 0.717) is 11.3 Å². The number of benzene rings is 2. The van der Waals surface area contributed by atoms with E-state index in [-0.39, 0.29) is 17.1 Å². The lowest BCUT2D eigenvalue weighted by Gasteiger charge is -2.17. The third-order valence-electron chi connectivity index (χ3n) is 3.21. The molecule has 0 aromatic heterocycles. The lowest BCUT2D eigenvalue weighted by Crippen LogP contribution is -2.05. The SMILES string of the molecule is COc1ccc([N+](=O)[O-])cc1O[C@@H](C)c1cccc([N+](=O)[O-])c1. The largest absolute Gasteiger partial charge is 0.493 e. The lowest BCUT2D eigenvalue weighted by molar-refractivity contribution is -0.385. The molecule has 0 amide bonds. The van der Waals surface area contributed by atoms with E-state index >= 15 is 0 Å². The van der Waals surface area contributed by atoms with Crippen molar-refractivity contribution in [1.82, 2.24) is 0 Å². The number of nitro benzene ring substituents is 2. The summed E-state index contributed by atoms with van der Waals surface area (Å²) in [5.41, 5.74) is 0.392. The van der Waals surface area contributed by atoms with Gasteiger partial charge in [0.05, 0.1) is 23.0 Å². The molecular formula is C15H14N2O6. The van der Waals surface area contributed by atoms with Gasteiger partial charge in [0.2, 0.25) is 0 Å². The average molecular weight is 318 g/mol. The van der Waals surface area contributed by atoms with E-state index in [1.54, 1.807) is 19.1 Å². The molecule has 23 heavy (non-hydrogen) atoms. The fraction of sp³-hybridized carbons (Fsp3) is 0.200. The van der Waals surface area contributed by atoms with Gasteiger partial charge in [0.1, 0.15) is 6.10 Å². The maximum atomic E-state index is 10.9. The van der Waals surface area contributed by atoms with Gasteiger partial charge in [-0.3, -0.25) is 20.2 Å². The van der Waals surface area contributed by atoms with E-state index < -0.39 is 16.0 Å². The van der Waals surface area contributed by atoms with E-state index in [0.717, 1.165) is 0 Å². The monoisotopic (exact) mass is 318 g/mol. The number of methoxy groups -OCH3 is 1. The molecule has 0 aliphatic carbocycles. The highest BCUT2D eigenvalue weighted by Crippen LogP contribution is 2.34. The highest BCUT2D eigenvalue weighted by atomic mass is 16.6. The van der Waals surface area contributed by atoms with Gasteiger partial charge in [-0.05, 0) is 18.6 Å². The summed E-state index contributed by atoms with van der Waals surface area (Å²) in [5.74, 6) is 0.536. The second-order valence-corrected chi connectivity index (χ2v) is 4.70. The van der Waals surface area contributed by atoms with Crippen LogP contribution in [0.4, 0.5) is 11.4 Å². The van der Waals surface area contributed by atoms with E-state index in [2.05, 4.69) is 0 Å². The number of nitro groups is 2. The first kappa shape index (κ1) is 16.2. The van der Waals surface area contributed by atoms with Crippen molar-refractivity contribution in [2.45, 2.75) is 13.0 Å². The summed E-state index contributed by atoms with van der Waals surface area (Å²) >= 11 is 0. The van der Waals surface area contributed by atoms with Gasteiger partial charge in [0.15, 0.2) is 11.5 Å². The van der Waals surface area contributed by atoms with Gasteiger partial charge in [-0.1, -0.05) is 12.1 Å². The van der Waals surface area contributed by atoms with Gasteiger partial charge < -0.3 is 9.47 Å². The standard InChI is InChI=1S/C15H14N2O6/c1-10(11-4-3-5-12(8-11)16(18)19)23-15-9-13(17(20)21)6-7-14(15)22-2/h3-10H,1-2H3/t10-/m0/s1. The van der Waals surface area contributed by atoms with Gasteiger partial charge in [-0.25, -0.2) is 0 Å². The van der Waals surface area contributed by atoms with Crippen LogP contribution in [0.5, 0.6) is 11.5 Å². The topological polar surface area (TPSA) is 105 Å². The lowest BCUT2D eigenvalue weighted by atomic mass is 10.1. The Kier molecular flexibility index (Phi) is 4.75. The molecule has 0 heterocycles. The first-order valence-corrected chi connectivity index (χ1v) is 6.66. The Morgan fingerprint density at radius 1 is 0.957 bits per heavy atom. The van der Waals surface area contributed by atoms with Crippen LogP contribution in [0.2, 0.25) is 0 Å². The van der Waals surface area contributed by atoms with Crippen molar-refractivity contribution in [3.05, 3.63) is 68.3 Å². The Hall–Kier alpha value is -3.16. The normalized spacial score (nSPS) is 11.6. The van der Waals surface area contributed by atoms with E-state index in [9.17, 15) is 20.2 Å². The third kappa shape index (κ3) is 3.73. The van der Waals surface area contributed by atoms with Crippen LogP contribution in [0.25, 0.3) is 0 Å². The highest BCUT2D eigenvalue weighted by molar-refractivity contribution is 5.49. The summed E-state index contributed by atoms with van der Waals surface area (Å²) in [6.45, 7) is 1.69. The van der Waals surface area contributed by atoms with Gasteiger partial charge in [-0.15, -0.1) is 0 Å².